The number of hydrogen-bond donors (Lipinski definition) is 1. The van der Waals surface area contributed by atoms with Gasteiger partial charge in [0.15, 0.2) is 0 Å². The maximum Gasteiger partial charge on any atom is 0.126 e. The summed E-state index contributed by atoms with van der Waals surface area (Å²) in [5, 5.41) is 3.32. The molecular weight excluding hydrogens is 196 g/mol. The van der Waals surface area contributed by atoms with E-state index in [2.05, 4.69) is 35.4 Å². The maximum absolute atomic E-state index is 4.29. The van der Waals surface area contributed by atoms with Crippen LogP contribution in [-0.4, -0.2) is 4.98 Å². The van der Waals surface area contributed by atoms with Gasteiger partial charge in [-0.3, -0.25) is 0 Å². The van der Waals surface area contributed by atoms with E-state index in [0.29, 0.717) is 0 Å². The van der Waals surface area contributed by atoms with E-state index in [1.54, 1.807) is 0 Å². The molecular formula is C14H16N2. The van der Waals surface area contributed by atoms with Crippen LogP contribution in [0.2, 0.25) is 0 Å². The molecule has 0 aliphatic heterocycles. The minimum atomic E-state index is 0.820. The van der Waals surface area contributed by atoms with E-state index in [0.717, 1.165) is 18.8 Å². The van der Waals surface area contributed by atoms with E-state index in [1.165, 1.54) is 11.1 Å². The molecule has 2 heteroatoms. The molecule has 2 rings (SSSR count). The first-order chi connectivity index (χ1) is 7.88. The Morgan fingerprint density at radius 1 is 1.06 bits per heavy atom. The van der Waals surface area contributed by atoms with Crippen molar-refractivity contribution in [1.29, 1.82) is 0 Å². The van der Waals surface area contributed by atoms with Crippen LogP contribution >= 0.6 is 0 Å². The summed E-state index contributed by atoms with van der Waals surface area (Å²) in [5.41, 5.74) is 2.58. The molecule has 0 saturated heterocycles. The summed E-state index contributed by atoms with van der Waals surface area (Å²) in [5.74, 6) is 0.947. The van der Waals surface area contributed by atoms with Crippen molar-refractivity contribution in [1.82, 2.24) is 4.98 Å². The van der Waals surface area contributed by atoms with E-state index in [1.807, 2.05) is 30.5 Å². The highest BCUT2D eigenvalue weighted by atomic mass is 15.0. The third-order valence-electron chi connectivity index (χ3n) is 2.55. The quantitative estimate of drug-likeness (QED) is 0.841. The lowest BCUT2D eigenvalue weighted by Crippen LogP contribution is -2.01. The van der Waals surface area contributed by atoms with Crippen molar-refractivity contribution in [3.8, 4) is 0 Å². The van der Waals surface area contributed by atoms with E-state index in [-0.39, 0.29) is 0 Å². The zero-order valence-corrected chi connectivity index (χ0v) is 9.48. The average Bonchev–Trinajstić information content (AvgIpc) is 2.38. The standard InChI is InChI=1S/C14H16N2/c1-2-12-8-9-15-14(10-12)16-11-13-6-4-3-5-7-13/h3-10H,2,11H2,1H3,(H,15,16). The molecule has 0 amide bonds. The van der Waals surface area contributed by atoms with Gasteiger partial charge in [-0.05, 0) is 29.7 Å². The van der Waals surface area contributed by atoms with Crippen LogP contribution in [0.3, 0.4) is 0 Å². The van der Waals surface area contributed by atoms with Crippen molar-refractivity contribution >= 4 is 5.82 Å². The Hall–Kier alpha value is -1.83. The molecule has 1 aromatic carbocycles. The minimum Gasteiger partial charge on any atom is -0.366 e. The first-order valence-corrected chi connectivity index (χ1v) is 5.61. The Morgan fingerprint density at radius 3 is 2.62 bits per heavy atom. The fraction of sp³-hybridized carbons (Fsp3) is 0.214. The van der Waals surface area contributed by atoms with Crippen molar-refractivity contribution in [3.05, 3.63) is 59.8 Å². The minimum absolute atomic E-state index is 0.820. The topological polar surface area (TPSA) is 24.9 Å². The van der Waals surface area contributed by atoms with Crippen molar-refractivity contribution in [3.63, 3.8) is 0 Å². The second-order valence-electron chi connectivity index (χ2n) is 3.74. The van der Waals surface area contributed by atoms with Gasteiger partial charge in [0.05, 0.1) is 0 Å². The monoisotopic (exact) mass is 212 g/mol. The summed E-state index contributed by atoms with van der Waals surface area (Å²) in [6.45, 7) is 2.97. The molecule has 0 saturated carbocycles. The first-order valence-electron chi connectivity index (χ1n) is 5.61. The Morgan fingerprint density at radius 2 is 1.88 bits per heavy atom. The Balaban J connectivity index is 1.99. The number of benzene rings is 1. The molecule has 2 nitrogen and oxygen atoms in total. The van der Waals surface area contributed by atoms with Gasteiger partial charge in [0.25, 0.3) is 0 Å². The molecule has 0 aliphatic rings. The SMILES string of the molecule is CCc1ccnc(NCc2ccccc2)c1. The molecule has 0 radical (unpaired) electrons. The summed E-state index contributed by atoms with van der Waals surface area (Å²) in [6, 6.07) is 14.5. The number of anilines is 1. The van der Waals surface area contributed by atoms with Crippen LogP contribution in [0.5, 0.6) is 0 Å². The van der Waals surface area contributed by atoms with E-state index >= 15 is 0 Å². The maximum atomic E-state index is 4.29. The summed E-state index contributed by atoms with van der Waals surface area (Å²) < 4.78 is 0. The number of rotatable bonds is 4. The molecule has 2 aromatic rings. The lowest BCUT2D eigenvalue weighted by Gasteiger charge is -2.06. The molecule has 0 bridgehead atoms. The van der Waals surface area contributed by atoms with Crippen LogP contribution in [0, 0.1) is 0 Å². The molecule has 0 fully saturated rings. The first kappa shape index (κ1) is 10.7. The van der Waals surface area contributed by atoms with E-state index in [4.69, 9.17) is 0 Å². The largest absolute Gasteiger partial charge is 0.366 e. The number of nitrogens with one attached hydrogen (secondary N) is 1. The van der Waals surface area contributed by atoms with Gasteiger partial charge >= 0.3 is 0 Å². The molecule has 0 aliphatic carbocycles. The fourth-order valence-electron chi connectivity index (χ4n) is 1.58. The summed E-state index contributed by atoms with van der Waals surface area (Å²) in [4.78, 5) is 4.29. The number of hydrogen-bond acceptors (Lipinski definition) is 2. The molecule has 0 unspecified atom stereocenters. The van der Waals surface area contributed by atoms with Gasteiger partial charge in [-0.15, -0.1) is 0 Å². The molecule has 82 valence electrons. The summed E-state index contributed by atoms with van der Waals surface area (Å²) in [6.07, 6.45) is 2.90. The van der Waals surface area contributed by atoms with Crippen LogP contribution in [0.25, 0.3) is 0 Å². The van der Waals surface area contributed by atoms with Crippen LogP contribution < -0.4 is 5.32 Å². The lowest BCUT2D eigenvalue weighted by molar-refractivity contribution is 1.08. The summed E-state index contributed by atoms with van der Waals surface area (Å²) in [7, 11) is 0. The molecule has 0 spiro atoms. The van der Waals surface area contributed by atoms with Gasteiger partial charge in [0.1, 0.15) is 5.82 Å². The Labute approximate surface area is 96.4 Å². The smallest absolute Gasteiger partial charge is 0.126 e. The van der Waals surface area contributed by atoms with Crippen molar-refractivity contribution in [2.45, 2.75) is 19.9 Å². The van der Waals surface area contributed by atoms with Crippen LogP contribution in [-0.2, 0) is 13.0 Å². The van der Waals surface area contributed by atoms with Gasteiger partial charge in [-0.1, -0.05) is 37.3 Å². The van der Waals surface area contributed by atoms with E-state index < -0.39 is 0 Å². The molecule has 16 heavy (non-hydrogen) atoms. The predicted octanol–water partition coefficient (Wildman–Crippen LogP) is 3.26. The normalized spacial score (nSPS) is 10.1. The van der Waals surface area contributed by atoms with Crippen molar-refractivity contribution in [2.75, 3.05) is 5.32 Å². The number of pyridine rings is 1. The molecule has 0 atom stereocenters. The highest BCUT2D eigenvalue weighted by Crippen LogP contribution is 2.09. The van der Waals surface area contributed by atoms with Gasteiger partial charge in [0, 0.05) is 12.7 Å². The second-order valence-corrected chi connectivity index (χ2v) is 3.74. The third kappa shape index (κ3) is 2.83. The molecule has 1 heterocycles. The number of nitrogens with zero attached hydrogens (tertiary/aromatic N) is 1. The lowest BCUT2D eigenvalue weighted by atomic mass is 10.2. The number of aromatic nitrogens is 1. The van der Waals surface area contributed by atoms with Gasteiger partial charge in [0.2, 0.25) is 0 Å². The predicted molar refractivity (Wildman–Crippen MR) is 67.4 cm³/mol. The van der Waals surface area contributed by atoms with Crippen LogP contribution in [0.4, 0.5) is 5.82 Å². The van der Waals surface area contributed by atoms with E-state index in [9.17, 15) is 0 Å². The highest BCUT2D eigenvalue weighted by molar-refractivity contribution is 5.38. The van der Waals surface area contributed by atoms with Crippen LogP contribution in [0.1, 0.15) is 18.1 Å². The van der Waals surface area contributed by atoms with Gasteiger partial charge in [-0.25, -0.2) is 4.98 Å². The molecule has 1 aromatic heterocycles. The van der Waals surface area contributed by atoms with Crippen LogP contribution in [0.15, 0.2) is 48.7 Å². The Kier molecular flexibility index (Phi) is 3.54. The zero-order valence-electron chi connectivity index (χ0n) is 9.48. The van der Waals surface area contributed by atoms with Gasteiger partial charge in [-0.2, -0.15) is 0 Å². The highest BCUT2D eigenvalue weighted by Gasteiger charge is 1.95. The third-order valence-corrected chi connectivity index (χ3v) is 2.55. The van der Waals surface area contributed by atoms with Gasteiger partial charge < -0.3 is 5.32 Å². The zero-order chi connectivity index (χ0) is 11.2. The van der Waals surface area contributed by atoms with Crippen molar-refractivity contribution < 1.29 is 0 Å². The fourth-order valence-corrected chi connectivity index (χ4v) is 1.58. The second kappa shape index (κ2) is 5.31. The average molecular weight is 212 g/mol. The number of aryl methyl sites for hydroxylation is 1. The molecule has 1 N–H and O–H groups in total. The Bertz CT molecular complexity index is 437. The van der Waals surface area contributed by atoms with Crippen molar-refractivity contribution in [2.24, 2.45) is 0 Å². The summed E-state index contributed by atoms with van der Waals surface area (Å²) >= 11 is 0.